The molecule has 0 spiro atoms. The largest absolute Gasteiger partial charge is 0.491 e. The van der Waals surface area contributed by atoms with Crippen LogP contribution < -0.4 is 4.74 Å². The highest BCUT2D eigenvalue weighted by Gasteiger charge is 2.25. The molecule has 1 heterocycles. The minimum Gasteiger partial charge on any atom is -0.491 e. The molecule has 0 aliphatic carbocycles. The number of halogens is 2. The Kier molecular flexibility index (Phi) is 7.04. The van der Waals surface area contributed by atoms with Crippen molar-refractivity contribution in [3.8, 4) is 11.8 Å². The number of piperazine rings is 1. The Hall–Kier alpha value is -2.66. The number of benzene rings is 2. The number of nitriles is 1. The lowest BCUT2D eigenvalue weighted by atomic mass is 10.1. The van der Waals surface area contributed by atoms with Crippen molar-refractivity contribution in [3.63, 3.8) is 0 Å². The van der Waals surface area contributed by atoms with E-state index in [0.29, 0.717) is 44.0 Å². The third-order valence-corrected chi connectivity index (χ3v) is 4.95. The van der Waals surface area contributed by atoms with E-state index in [1.807, 2.05) is 11.0 Å². The third kappa shape index (κ3) is 5.67. The number of carbonyl (C=O) groups is 1. The fraction of sp³-hybridized carbons (Fsp3) is 0.333. The van der Waals surface area contributed by atoms with Crippen LogP contribution in [0, 0.1) is 17.1 Å². The van der Waals surface area contributed by atoms with Gasteiger partial charge in [-0.3, -0.25) is 9.69 Å². The van der Waals surface area contributed by atoms with Gasteiger partial charge in [0.05, 0.1) is 17.2 Å². The maximum absolute atomic E-state index is 14.0. The number of aliphatic hydroxyl groups excluding tert-OH is 1. The number of β-amino-alcohol motifs (C(OH)–C–C–N with tert-alkyl or cyclic N) is 1. The number of nitrogens with zero attached hydrogens (tertiary/aromatic N) is 3. The Morgan fingerprint density at radius 2 is 1.90 bits per heavy atom. The molecule has 1 N–H and O–H groups in total. The molecule has 1 atom stereocenters. The summed E-state index contributed by atoms with van der Waals surface area (Å²) in [5.41, 5.74) is 0.558. The van der Waals surface area contributed by atoms with E-state index in [1.165, 1.54) is 12.1 Å². The van der Waals surface area contributed by atoms with E-state index in [1.54, 1.807) is 29.2 Å². The molecule has 152 valence electrons. The van der Waals surface area contributed by atoms with Crippen LogP contribution in [0.25, 0.3) is 0 Å². The lowest BCUT2D eigenvalue weighted by molar-refractivity contribution is 0.0401. The predicted molar refractivity (Wildman–Crippen MR) is 106 cm³/mol. The van der Waals surface area contributed by atoms with Gasteiger partial charge < -0.3 is 14.7 Å². The van der Waals surface area contributed by atoms with Gasteiger partial charge in [-0.05, 0) is 42.5 Å². The molecule has 0 aromatic heterocycles. The smallest absolute Gasteiger partial charge is 0.256 e. The highest BCUT2D eigenvalue weighted by molar-refractivity contribution is 6.30. The molecule has 1 unspecified atom stereocenters. The fourth-order valence-corrected chi connectivity index (χ4v) is 3.29. The van der Waals surface area contributed by atoms with Gasteiger partial charge >= 0.3 is 0 Å². The van der Waals surface area contributed by atoms with Crippen LogP contribution in [0.15, 0.2) is 42.5 Å². The zero-order valence-corrected chi connectivity index (χ0v) is 16.5. The first-order chi connectivity index (χ1) is 14.0. The Bertz CT molecular complexity index is 893. The lowest BCUT2D eigenvalue weighted by Crippen LogP contribution is -2.51. The van der Waals surface area contributed by atoms with Gasteiger partial charge in [-0.2, -0.15) is 5.26 Å². The van der Waals surface area contributed by atoms with Crippen LogP contribution >= 0.6 is 11.6 Å². The monoisotopic (exact) mass is 417 g/mol. The summed E-state index contributed by atoms with van der Waals surface area (Å²) in [5.74, 6) is -0.396. The standard InChI is InChI=1S/C21H21ClFN3O3/c22-16-3-6-19(20(23)11-16)21(28)26-9-7-25(8-10-26)13-17(27)14-29-18-4-1-15(12-24)2-5-18/h1-6,11,17,27H,7-10,13-14H2. The Morgan fingerprint density at radius 1 is 1.21 bits per heavy atom. The fourth-order valence-electron chi connectivity index (χ4n) is 3.14. The summed E-state index contributed by atoms with van der Waals surface area (Å²) in [6.45, 7) is 2.59. The van der Waals surface area contributed by atoms with Crippen LogP contribution in [0.5, 0.6) is 5.75 Å². The van der Waals surface area contributed by atoms with Crippen LogP contribution in [-0.4, -0.2) is 66.2 Å². The molecular weight excluding hydrogens is 397 g/mol. The second-order valence-electron chi connectivity index (χ2n) is 6.82. The lowest BCUT2D eigenvalue weighted by Gasteiger charge is -2.35. The number of rotatable bonds is 6. The molecule has 8 heteroatoms. The minimum absolute atomic E-state index is 0.0127. The van der Waals surface area contributed by atoms with Crippen LogP contribution in [0.2, 0.25) is 5.02 Å². The van der Waals surface area contributed by atoms with Crippen molar-refractivity contribution < 1.29 is 19.0 Å². The molecule has 1 aliphatic rings. The number of carbonyl (C=O) groups excluding carboxylic acids is 1. The first kappa shape index (κ1) is 21.1. The summed E-state index contributed by atoms with van der Waals surface area (Å²) >= 11 is 5.74. The molecule has 3 rings (SSSR count). The van der Waals surface area contributed by atoms with Crippen molar-refractivity contribution in [1.82, 2.24) is 9.80 Å². The van der Waals surface area contributed by atoms with E-state index in [-0.39, 0.29) is 23.1 Å². The molecule has 1 saturated heterocycles. The highest BCUT2D eigenvalue weighted by Crippen LogP contribution is 2.17. The first-order valence-corrected chi connectivity index (χ1v) is 9.62. The maximum atomic E-state index is 14.0. The second kappa shape index (κ2) is 9.70. The first-order valence-electron chi connectivity index (χ1n) is 9.24. The van der Waals surface area contributed by atoms with Crippen LogP contribution in [0.3, 0.4) is 0 Å². The van der Waals surface area contributed by atoms with Crippen molar-refractivity contribution >= 4 is 17.5 Å². The summed E-state index contributed by atoms with van der Waals surface area (Å²) < 4.78 is 19.5. The van der Waals surface area contributed by atoms with E-state index >= 15 is 0 Å². The summed E-state index contributed by atoms with van der Waals surface area (Å²) in [6.07, 6.45) is -0.693. The van der Waals surface area contributed by atoms with E-state index in [2.05, 4.69) is 0 Å². The topological polar surface area (TPSA) is 76.8 Å². The van der Waals surface area contributed by atoms with Crippen molar-refractivity contribution in [1.29, 1.82) is 5.26 Å². The molecule has 6 nitrogen and oxygen atoms in total. The number of ether oxygens (including phenoxy) is 1. The number of aliphatic hydroxyl groups is 1. The Balaban J connectivity index is 1.44. The molecule has 29 heavy (non-hydrogen) atoms. The van der Waals surface area contributed by atoms with Crippen molar-refractivity contribution in [2.24, 2.45) is 0 Å². The summed E-state index contributed by atoms with van der Waals surface area (Å²) in [5, 5.41) is 19.3. The van der Waals surface area contributed by atoms with Gasteiger partial charge in [0.1, 0.15) is 24.3 Å². The molecule has 1 aliphatic heterocycles. The highest BCUT2D eigenvalue weighted by atomic mass is 35.5. The maximum Gasteiger partial charge on any atom is 0.256 e. The van der Waals surface area contributed by atoms with Gasteiger partial charge in [-0.1, -0.05) is 11.6 Å². The molecule has 0 bridgehead atoms. The third-order valence-electron chi connectivity index (χ3n) is 4.72. The quantitative estimate of drug-likeness (QED) is 0.781. The molecule has 0 radical (unpaired) electrons. The van der Waals surface area contributed by atoms with Crippen molar-refractivity contribution in [3.05, 3.63) is 64.4 Å². The normalized spacial score (nSPS) is 15.6. The average molecular weight is 418 g/mol. The predicted octanol–water partition coefficient (Wildman–Crippen LogP) is 2.55. The van der Waals surface area contributed by atoms with Crippen LogP contribution in [0.1, 0.15) is 15.9 Å². The van der Waals surface area contributed by atoms with E-state index in [4.69, 9.17) is 21.6 Å². The molecule has 0 saturated carbocycles. The molecular formula is C21H21ClFN3O3. The Morgan fingerprint density at radius 3 is 2.52 bits per heavy atom. The minimum atomic E-state index is -0.693. The number of hydrogen-bond donors (Lipinski definition) is 1. The SMILES string of the molecule is N#Cc1ccc(OCC(O)CN2CCN(C(=O)c3ccc(Cl)cc3F)CC2)cc1. The van der Waals surface area contributed by atoms with E-state index < -0.39 is 11.9 Å². The summed E-state index contributed by atoms with van der Waals surface area (Å²) in [4.78, 5) is 16.1. The zero-order chi connectivity index (χ0) is 20.8. The number of hydrogen-bond acceptors (Lipinski definition) is 5. The van der Waals surface area contributed by atoms with Crippen LogP contribution in [0.4, 0.5) is 4.39 Å². The molecule has 1 fully saturated rings. The van der Waals surface area contributed by atoms with Gasteiger partial charge in [-0.25, -0.2) is 4.39 Å². The molecule has 1 amide bonds. The average Bonchev–Trinajstić information content (AvgIpc) is 2.73. The molecule has 2 aromatic carbocycles. The van der Waals surface area contributed by atoms with Crippen molar-refractivity contribution in [2.45, 2.75) is 6.10 Å². The van der Waals surface area contributed by atoms with Gasteiger partial charge in [0.25, 0.3) is 5.91 Å². The van der Waals surface area contributed by atoms with Gasteiger partial charge in [0.15, 0.2) is 0 Å². The number of amides is 1. The van der Waals surface area contributed by atoms with Crippen molar-refractivity contribution in [2.75, 3.05) is 39.3 Å². The molecule has 2 aromatic rings. The van der Waals surface area contributed by atoms with Gasteiger partial charge in [0, 0.05) is 37.7 Å². The second-order valence-corrected chi connectivity index (χ2v) is 7.25. The van der Waals surface area contributed by atoms with E-state index in [9.17, 15) is 14.3 Å². The summed E-state index contributed by atoms with van der Waals surface area (Å²) in [6, 6.07) is 12.7. The Labute approximate surface area is 173 Å². The van der Waals surface area contributed by atoms with Gasteiger partial charge in [0.2, 0.25) is 0 Å². The van der Waals surface area contributed by atoms with Crippen LogP contribution in [-0.2, 0) is 0 Å². The van der Waals surface area contributed by atoms with Gasteiger partial charge in [-0.15, -0.1) is 0 Å². The zero-order valence-electron chi connectivity index (χ0n) is 15.7. The van der Waals surface area contributed by atoms with E-state index in [0.717, 1.165) is 6.07 Å². The summed E-state index contributed by atoms with van der Waals surface area (Å²) in [7, 11) is 0.